The van der Waals surface area contributed by atoms with E-state index in [0.717, 1.165) is 32.5 Å². The Morgan fingerprint density at radius 2 is 2.00 bits per heavy atom. The number of hydrogen-bond donors (Lipinski definition) is 2. The van der Waals surface area contributed by atoms with Crippen LogP contribution in [-0.4, -0.2) is 36.0 Å². The zero-order valence-corrected chi connectivity index (χ0v) is 9.60. The van der Waals surface area contributed by atoms with Crippen LogP contribution in [0.25, 0.3) is 0 Å². The van der Waals surface area contributed by atoms with Gasteiger partial charge in [0.05, 0.1) is 5.60 Å². The summed E-state index contributed by atoms with van der Waals surface area (Å²) >= 11 is 0. The monoisotopic (exact) mass is 201 g/mol. The maximum absolute atomic E-state index is 9.87. The average molecular weight is 201 g/mol. The summed E-state index contributed by atoms with van der Waals surface area (Å²) < 4.78 is 5.32. The highest BCUT2D eigenvalue weighted by Crippen LogP contribution is 2.20. The van der Waals surface area contributed by atoms with E-state index in [1.165, 1.54) is 0 Å². The van der Waals surface area contributed by atoms with Crippen LogP contribution in [0.5, 0.6) is 0 Å². The molecular weight excluding hydrogens is 178 g/mol. The van der Waals surface area contributed by atoms with Crippen molar-refractivity contribution in [3.05, 3.63) is 0 Å². The van der Waals surface area contributed by atoms with Gasteiger partial charge >= 0.3 is 0 Å². The smallest absolute Gasteiger partial charge is 0.0741 e. The molecule has 0 aromatic heterocycles. The van der Waals surface area contributed by atoms with E-state index in [2.05, 4.69) is 12.2 Å². The third-order valence-corrected chi connectivity index (χ3v) is 3.25. The molecule has 0 saturated carbocycles. The molecule has 1 fully saturated rings. The van der Waals surface area contributed by atoms with Crippen molar-refractivity contribution in [1.29, 1.82) is 0 Å². The molecule has 1 atom stereocenters. The van der Waals surface area contributed by atoms with E-state index in [1.54, 1.807) is 0 Å². The molecule has 0 spiro atoms. The molecule has 0 aliphatic carbocycles. The largest absolute Gasteiger partial charge is 0.389 e. The van der Waals surface area contributed by atoms with E-state index in [9.17, 15) is 5.11 Å². The van der Waals surface area contributed by atoms with Gasteiger partial charge in [0.2, 0.25) is 0 Å². The van der Waals surface area contributed by atoms with E-state index in [-0.39, 0.29) is 5.54 Å². The van der Waals surface area contributed by atoms with Crippen molar-refractivity contribution < 1.29 is 9.84 Å². The summed E-state index contributed by atoms with van der Waals surface area (Å²) in [6, 6.07) is 0. The van der Waals surface area contributed by atoms with Gasteiger partial charge in [0, 0.05) is 25.3 Å². The Labute approximate surface area is 86.8 Å². The van der Waals surface area contributed by atoms with Crippen molar-refractivity contribution >= 4 is 0 Å². The van der Waals surface area contributed by atoms with Crippen molar-refractivity contribution in [3.8, 4) is 0 Å². The molecule has 3 heteroatoms. The minimum atomic E-state index is -0.582. The Morgan fingerprint density at radius 1 is 1.43 bits per heavy atom. The van der Waals surface area contributed by atoms with E-state index in [4.69, 9.17) is 4.74 Å². The summed E-state index contributed by atoms with van der Waals surface area (Å²) in [6.07, 6.45) is 2.85. The van der Waals surface area contributed by atoms with Gasteiger partial charge < -0.3 is 15.2 Å². The first-order chi connectivity index (χ1) is 6.47. The van der Waals surface area contributed by atoms with Crippen molar-refractivity contribution in [1.82, 2.24) is 5.32 Å². The molecule has 1 aliphatic rings. The highest BCUT2D eigenvalue weighted by molar-refractivity contribution is 4.88. The Morgan fingerprint density at radius 3 is 2.50 bits per heavy atom. The molecule has 0 bridgehead atoms. The Bertz CT molecular complexity index is 174. The lowest BCUT2D eigenvalue weighted by molar-refractivity contribution is 0.0158. The number of β-amino-alcohol motifs (C(OH)–C–C–N with tert-alkyl or cyclic N) is 1. The molecule has 1 saturated heterocycles. The van der Waals surface area contributed by atoms with Gasteiger partial charge in [-0.15, -0.1) is 0 Å². The van der Waals surface area contributed by atoms with Crippen LogP contribution < -0.4 is 5.32 Å². The van der Waals surface area contributed by atoms with E-state index < -0.39 is 5.60 Å². The molecule has 0 aromatic rings. The van der Waals surface area contributed by atoms with Crippen molar-refractivity contribution in [3.63, 3.8) is 0 Å². The number of aliphatic hydroxyl groups is 1. The minimum absolute atomic E-state index is 0.150. The van der Waals surface area contributed by atoms with Crippen LogP contribution in [-0.2, 0) is 4.74 Å². The maximum atomic E-state index is 9.87. The molecule has 0 amide bonds. The lowest BCUT2D eigenvalue weighted by Crippen LogP contribution is -2.52. The van der Waals surface area contributed by atoms with Gasteiger partial charge in [-0.05, 0) is 33.1 Å². The maximum Gasteiger partial charge on any atom is 0.0741 e. The summed E-state index contributed by atoms with van der Waals surface area (Å²) in [6.45, 7) is 8.42. The second-order valence-electron chi connectivity index (χ2n) is 4.88. The molecule has 0 aromatic carbocycles. The standard InChI is InChI=1S/C11H23NO2/c1-4-11(3,13)9-12-10(2)5-7-14-8-6-10/h12-13H,4-9H2,1-3H3. The lowest BCUT2D eigenvalue weighted by Gasteiger charge is -2.37. The predicted molar refractivity (Wildman–Crippen MR) is 57.4 cm³/mol. The summed E-state index contributed by atoms with van der Waals surface area (Å²) in [7, 11) is 0. The van der Waals surface area contributed by atoms with Crippen LogP contribution in [0, 0.1) is 0 Å². The average Bonchev–Trinajstić information content (AvgIpc) is 2.17. The van der Waals surface area contributed by atoms with E-state index in [1.807, 2.05) is 13.8 Å². The van der Waals surface area contributed by atoms with Gasteiger partial charge in [-0.1, -0.05) is 6.92 Å². The van der Waals surface area contributed by atoms with Crippen molar-refractivity contribution in [2.45, 2.75) is 51.2 Å². The van der Waals surface area contributed by atoms with Gasteiger partial charge in [0.1, 0.15) is 0 Å². The molecular formula is C11H23NO2. The molecule has 1 unspecified atom stereocenters. The summed E-state index contributed by atoms with van der Waals surface area (Å²) in [5, 5.41) is 13.3. The van der Waals surface area contributed by atoms with Gasteiger partial charge in [-0.25, -0.2) is 0 Å². The van der Waals surface area contributed by atoms with Gasteiger partial charge in [0.15, 0.2) is 0 Å². The van der Waals surface area contributed by atoms with Crippen LogP contribution in [0.2, 0.25) is 0 Å². The van der Waals surface area contributed by atoms with Crippen LogP contribution in [0.15, 0.2) is 0 Å². The normalized spacial score (nSPS) is 25.7. The third-order valence-electron chi connectivity index (χ3n) is 3.25. The van der Waals surface area contributed by atoms with Crippen LogP contribution >= 0.6 is 0 Å². The van der Waals surface area contributed by atoms with Crippen LogP contribution in [0.3, 0.4) is 0 Å². The second-order valence-corrected chi connectivity index (χ2v) is 4.88. The third kappa shape index (κ3) is 3.56. The highest BCUT2D eigenvalue weighted by atomic mass is 16.5. The Balaban J connectivity index is 2.35. The molecule has 3 nitrogen and oxygen atoms in total. The summed E-state index contributed by atoms with van der Waals surface area (Å²) in [5.41, 5.74) is -0.432. The summed E-state index contributed by atoms with van der Waals surface area (Å²) in [5.74, 6) is 0. The lowest BCUT2D eigenvalue weighted by atomic mass is 9.91. The fraction of sp³-hybridized carbons (Fsp3) is 1.00. The second kappa shape index (κ2) is 4.60. The van der Waals surface area contributed by atoms with Gasteiger partial charge in [-0.3, -0.25) is 0 Å². The van der Waals surface area contributed by atoms with Gasteiger partial charge in [0.25, 0.3) is 0 Å². The van der Waals surface area contributed by atoms with E-state index in [0.29, 0.717) is 6.54 Å². The first-order valence-electron chi connectivity index (χ1n) is 5.53. The Kier molecular flexibility index (Phi) is 3.93. The highest BCUT2D eigenvalue weighted by Gasteiger charge is 2.29. The zero-order chi connectivity index (χ0) is 10.7. The van der Waals surface area contributed by atoms with Crippen molar-refractivity contribution in [2.75, 3.05) is 19.8 Å². The molecule has 0 radical (unpaired) electrons. The molecule has 84 valence electrons. The first kappa shape index (κ1) is 12.0. The quantitative estimate of drug-likeness (QED) is 0.720. The molecule has 2 N–H and O–H groups in total. The fourth-order valence-corrected chi connectivity index (χ4v) is 1.53. The van der Waals surface area contributed by atoms with Crippen LogP contribution in [0.4, 0.5) is 0 Å². The first-order valence-corrected chi connectivity index (χ1v) is 5.53. The topological polar surface area (TPSA) is 41.5 Å². The predicted octanol–water partition coefficient (Wildman–Crippen LogP) is 1.31. The fourth-order valence-electron chi connectivity index (χ4n) is 1.53. The molecule has 1 heterocycles. The molecule has 14 heavy (non-hydrogen) atoms. The van der Waals surface area contributed by atoms with E-state index >= 15 is 0 Å². The number of ether oxygens (including phenoxy) is 1. The number of rotatable bonds is 4. The molecule has 1 rings (SSSR count). The zero-order valence-electron chi connectivity index (χ0n) is 9.60. The molecule has 1 aliphatic heterocycles. The number of hydrogen-bond acceptors (Lipinski definition) is 3. The van der Waals surface area contributed by atoms with Gasteiger partial charge in [-0.2, -0.15) is 0 Å². The number of nitrogens with one attached hydrogen (secondary N) is 1. The van der Waals surface area contributed by atoms with Crippen LogP contribution in [0.1, 0.15) is 40.0 Å². The minimum Gasteiger partial charge on any atom is -0.389 e. The van der Waals surface area contributed by atoms with Crippen molar-refractivity contribution in [2.24, 2.45) is 0 Å². The summed E-state index contributed by atoms with van der Waals surface area (Å²) in [4.78, 5) is 0. The Hall–Kier alpha value is -0.120. The SMILES string of the molecule is CCC(C)(O)CNC1(C)CCOCC1.